The van der Waals surface area contributed by atoms with Crippen LogP contribution in [0.4, 0.5) is 0 Å². The second-order valence-electron chi connectivity index (χ2n) is 4.61. The molecule has 22 heavy (non-hydrogen) atoms. The molecule has 0 radical (unpaired) electrons. The Balaban J connectivity index is 1.99. The molecule has 112 valence electrons. The third-order valence-corrected chi connectivity index (χ3v) is 3.25. The maximum absolute atomic E-state index is 11.7. The van der Waals surface area contributed by atoms with E-state index >= 15 is 0 Å². The average molecular weight is 298 g/mol. The second kappa shape index (κ2) is 5.72. The molecule has 2 aromatic heterocycles. The van der Waals surface area contributed by atoms with Crippen LogP contribution in [0.2, 0.25) is 0 Å². The maximum atomic E-state index is 11.7. The highest BCUT2D eigenvalue weighted by Crippen LogP contribution is 2.21. The van der Waals surface area contributed by atoms with Gasteiger partial charge in [0, 0.05) is 28.9 Å². The van der Waals surface area contributed by atoms with Crippen LogP contribution in [0.5, 0.6) is 0 Å². The van der Waals surface area contributed by atoms with Crippen LogP contribution in [0, 0.1) is 0 Å². The van der Waals surface area contributed by atoms with Gasteiger partial charge in [0.2, 0.25) is 0 Å². The van der Waals surface area contributed by atoms with Crippen LogP contribution in [0.3, 0.4) is 0 Å². The Labute approximate surface area is 125 Å². The van der Waals surface area contributed by atoms with Crippen molar-refractivity contribution in [3.05, 3.63) is 47.9 Å². The zero-order chi connectivity index (χ0) is 15.5. The molecule has 3 aromatic rings. The van der Waals surface area contributed by atoms with E-state index in [4.69, 9.17) is 9.94 Å². The van der Waals surface area contributed by atoms with E-state index in [0.29, 0.717) is 12.2 Å². The third kappa shape index (κ3) is 2.44. The zero-order valence-electron chi connectivity index (χ0n) is 11.9. The Morgan fingerprint density at radius 3 is 3.18 bits per heavy atom. The number of hydrogen-bond donors (Lipinski definition) is 2. The number of carbonyl (C=O) groups is 1. The van der Waals surface area contributed by atoms with E-state index in [1.165, 1.54) is 12.4 Å². The summed E-state index contributed by atoms with van der Waals surface area (Å²) in [4.78, 5) is 14.8. The third-order valence-electron chi connectivity index (χ3n) is 3.25. The van der Waals surface area contributed by atoms with Gasteiger partial charge in [-0.2, -0.15) is 5.10 Å². The molecular formula is C15H14N4O3. The van der Waals surface area contributed by atoms with E-state index in [0.717, 1.165) is 22.2 Å². The summed E-state index contributed by atoms with van der Waals surface area (Å²) >= 11 is 0. The van der Waals surface area contributed by atoms with Gasteiger partial charge in [-0.25, -0.2) is 9.48 Å². The van der Waals surface area contributed by atoms with E-state index in [-0.39, 0.29) is 0 Å². The lowest BCUT2D eigenvalue weighted by molar-refractivity contribution is 0.0526. The number of aromatic amines is 1. The zero-order valence-corrected chi connectivity index (χ0v) is 11.9. The molecule has 2 heterocycles. The number of H-pyrrole nitrogens is 1. The highest BCUT2D eigenvalue weighted by atomic mass is 16.5. The molecule has 7 heteroatoms. The van der Waals surface area contributed by atoms with Crippen molar-refractivity contribution < 1.29 is 14.7 Å². The molecule has 0 aliphatic heterocycles. The van der Waals surface area contributed by atoms with Crippen LogP contribution in [0.15, 0.2) is 41.9 Å². The average Bonchev–Trinajstić information content (AvgIpc) is 3.15. The van der Waals surface area contributed by atoms with Crippen molar-refractivity contribution in [1.82, 2.24) is 14.8 Å². The fourth-order valence-electron chi connectivity index (χ4n) is 2.23. The molecule has 0 bridgehead atoms. The Morgan fingerprint density at radius 2 is 2.41 bits per heavy atom. The smallest absolute Gasteiger partial charge is 0.341 e. The molecular weight excluding hydrogens is 284 g/mol. The quantitative estimate of drug-likeness (QED) is 0.334. The first kappa shape index (κ1) is 13.9. The number of rotatable bonds is 4. The number of esters is 1. The van der Waals surface area contributed by atoms with E-state index in [1.54, 1.807) is 24.0 Å². The first-order valence-electron chi connectivity index (χ1n) is 6.73. The molecule has 0 atom stereocenters. The van der Waals surface area contributed by atoms with Crippen molar-refractivity contribution in [2.24, 2.45) is 5.16 Å². The fraction of sp³-hybridized carbons (Fsp3) is 0.133. The lowest BCUT2D eigenvalue weighted by Crippen LogP contribution is -2.03. The van der Waals surface area contributed by atoms with Gasteiger partial charge in [0.15, 0.2) is 0 Å². The van der Waals surface area contributed by atoms with Gasteiger partial charge in [0.25, 0.3) is 0 Å². The molecule has 0 amide bonds. The fourth-order valence-corrected chi connectivity index (χ4v) is 2.23. The highest BCUT2D eigenvalue weighted by molar-refractivity contribution is 5.99. The summed E-state index contributed by atoms with van der Waals surface area (Å²) in [5, 5.41) is 16.8. The van der Waals surface area contributed by atoms with Gasteiger partial charge in [-0.1, -0.05) is 5.16 Å². The Morgan fingerprint density at radius 1 is 1.55 bits per heavy atom. The normalized spacial score (nSPS) is 11.3. The Bertz CT molecular complexity index is 847. The van der Waals surface area contributed by atoms with Crippen molar-refractivity contribution in [2.75, 3.05) is 6.61 Å². The molecule has 0 aliphatic carbocycles. The van der Waals surface area contributed by atoms with Crippen molar-refractivity contribution in [1.29, 1.82) is 0 Å². The molecule has 0 saturated heterocycles. The number of aromatic nitrogens is 3. The van der Waals surface area contributed by atoms with Crippen molar-refractivity contribution in [2.45, 2.75) is 6.92 Å². The summed E-state index contributed by atoms with van der Waals surface area (Å²) in [5.74, 6) is -0.399. The van der Waals surface area contributed by atoms with Gasteiger partial charge in [-0.05, 0) is 25.1 Å². The minimum Gasteiger partial charge on any atom is -0.462 e. The first-order chi connectivity index (χ1) is 10.7. The van der Waals surface area contributed by atoms with Gasteiger partial charge < -0.3 is 14.9 Å². The van der Waals surface area contributed by atoms with Gasteiger partial charge in [-0.15, -0.1) is 0 Å². The van der Waals surface area contributed by atoms with Gasteiger partial charge in [0.05, 0.1) is 30.3 Å². The minimum absolute atomic E-state index is 0.323. The Kier molecular flexibility index (Phi) is 3.61. The van der Waals surface area contributed by atoms with Crippen LogP contribution in [0.25, 0.3) is 16.6 Å². The predicted molar refractivity (Wildman–Crippen MR) is 80.8 cm³/mol. The monoisotopic (exact) mass is 298 g/mol. The van der Waals surface area contributed by atoms with Crippen molar-refractivity contribution in [3.8, 4) is 5.69 Å². The van der Waals surface area contributed by atoms with Crippen LogP contribution < -0.4 is 0 Å². The molecule has 0 aliphatic rings. The SMILES string of the molecule is CCOC(=O)c1cnn(-c2ccc3[nH]cc(C=NO)c3c2)c1. The van der Waals surface area contributed by atoms with Crippen LogP contribution >= 0.6 is 0 Å². The number of hydrogen-bond acceptors (Lipinski definition) is 5. The summed E-state index contributed by atoms with van der Waals surface area (Å²) in [7, 11) is 0. The summed E-state index contributed by atoms with van der Waals surface area (Å²) in [6.45, 7) is 2.08. The number of fused-ring (bicyclic) bond motifs is 1. The van der Waals surface area contributed by atoms with Crippen LogP contribution in [-0.2, 0) is 4.74 Å². The van der Waals surface area contributed by atoms with Gasteiger partial charge >= 0.3 is 5.97 Å². The van der Waals surface area contributed by atoms with E-state index < -0.39 is 5.97 Å². The minimum atomic E-state index is -0.399. The number of benzene rings is 1. The maximum Gasteiger partial charge on any atom is 0.341 e. The number of carbonyl (C=O) groups excluding carboxylic acids is 1. The lowest BCUT2D eigenvalue weighted by atomic mass is 10.1. The largest absolute Gasteiger partial charge is 0.462 e. The van der Waals surface area contributed by atoms with Crippen LogP contribution in [0.1, 0.15) is 22.8 Å². The summed E-state index contributed by atoms with van der Waals surface area (Å²) in [6.07, 6.45) is 6.19. The predicted octanol–water partition coefficient (Wildman–Crippen LogP) is 2.34. The summed E-state index contributed by atoms with van der Waals surface area (Å²) in [6, 6.07) is 5.66. The molecule has 3 rings (SSSR count). The van der Waals surface area contributed by atoms with E-state index in [2.05, 4.69) is 15.2 Å². The molecule has 0 spiro atoms. The number of nitrogens with zero attached hydrogens (tertiary/aromatic N) is 3. The first-order valence-corrected chi connectivity index (χ1v) is 6.73. The van der Waals surface area contributed by atoms with E-state index in [9.17, 15) is 4.79 Å². The highest BCUT2D eigenvalue weighted by Gasteiger charge is 2.11. The molecule has 1 aromatic carbocycles. The lowest BCUT2D eigenvalue weighted by Gasteiger charge is -2.02. The number of ether oxygens (including phenoxy) is 1. The van der Waals surface area contributed by atoms with Crippen molar-refractivity contribution in [3.63, 3.8) is 0 Å². The summed E-state index contributed by atoms with van der Waals surface area (Å²) in [5.41, 5.74) is 2.86. The second-order valence-corrected chi connectivity index (χ2v) is 4.61. The Hall–Kier alpha value is -3.09. The number of oxime groups is 1. The standard InChI is InChI=1S/C15H14N4O3/c1-2-22-15(20)11-7-17-19(9-11)12-3-4-14-13(5-12)10(6-16-14)8-18-21/h3-9,16,21H,2H2,1H3. The summed E-state index contributed by atoms with van der Waals surface area (Å²) < 4.78 is 6.54. The molecule has 0 fully saturated rings. The molecule has 0 unspecified atom stereocenters. The molecule has 2 N–H and O–H groups in total. The van der Waals surface area contributed by atoms with Crippen molar-refractivity contribution >= 4 is 23.1 Å². The van der Waals surface area contributed by atoms with Crippen LogP contribution in [-0.4, -0.2) is 38.8 Å². The number of nitrogens with one attached hydrogen (secondary N) is 1. The molecule has 7 nitrogen and oxygen atoms in total. The topological polar surface area (TPSA) is 92.5 Å². The molecule has 0 saturated carbocycles. The van der Waals surface area contributed by atoms with E-state index in [1.807, 2.05) is 18.2 Å². The van der Waals surface area contributed by atoms with Gasteiger partial charge in [0.1, 0.15) is 0 Å². The van der Waals surface area contributed by atoms with Gasteiger partial charge in [-0.3, -0.25) is 0 Å².